The number of aryl methyl sites for hydroxylation is 1. The molecule has 0 spiro atoms. The maximum Gasteiger partial charge on any atom is 0.267 e. The van der Waals surface area contributed by atoms with Crippen molar-refractivity contribution in [3.8, 4) is 0 Å². The van der Waals surface area contributed by atoms with E-state index in [0.717, 1.165) is 18.5 Å². The van der Waals surface area contributed by atoms with Crippen molar-refractivity contribution in [3.05, 3.63) is 21.6 Å². The van der Waals surface area contributed by atoms with Crippen molar-refractivity contribution in [2.24, 2.45) is 0 Å². The Balaban J connectivity index is 1.49. The van der Waals surface area contributed by atoms with Crippen LogP contribution in [-0.4, -0.2) is 34.2 Å². The van der Waals surface area contributed by atoms with E-state index in [2.05, 4.69) is 20.8 Å². The molecule has 2 atom stereocenters. The van der Waals surface area contributed by atoms with Gasteiger partial charge in [0.25, 0.3) is 5.56 Å². The zero-order chi connectivity index (χ0) is 14.8. The van der Waals surface area contributed by atoms with Gasteiger partial charge >= 0.3 is 0 Å². The number of aromatic nitrogens is 2. The normalized spacial score (nSPS) is 25.8. The minimum absolute atomic E-state index is 0.0638. The fourth-order valence-electron chi connectivity index (χ4n) is 3.37. The summed E-state index contributed by atoms with van der Waals surface area (Å²) in [7, 11) is 0. The lowest BCUT2D eigenvalue weighted by molar-refractivity contribution is -0.122. The lowest BCUT2D eigenvalue weighted by Crippen LogP contribution is -2.58. The molecular weight excluding hydrogens is 268 g/mol. The largest absolute Gasteiger partial charge is 0.352 e. The molecular formula is C15H24N4O2. The Morgan fingerprint density at radius 3 is 2.43 bits per heavy atom. The summed E-state index contributed by atoms with van der Waals surface area (Å²) in [6, 6.07) is 1.25. The predicted octanol–water partition coefficient (Wildman–Crippen LogP) is 0.733. The molecule has 1 aromatic rings. The number of hydrogen-bond acceptors (Lipinski definition) is 3. The lowest BCUT2D eigenvalue weighted by Gasteiger charge is -2.39. The van der Waals surface area contributed by atoms with Crippen molar-refractivity contribution in [1.29, 1.82) is 0 Å². The molecule has 0 aliphatic heterocycles. The van der Waals surface area contributed by atoms with Gasteiger partial charge in [0.2, 0.25) is 5.91 Å². The summed E-state index contributed by atoms with van der Waals surface area (Å²) in [5.74, 6) is -0.0638. The number of carbonyl (C=O) groups is 1. The van der Waals surface area contributed by atoms with Gasteiger partial charge in [-0.2, -0.15) is 0 Å². The van der Waals surface area contributed by atoms with Crippen LogP contribution in [0.2, 0.25) is 0 Å². The fraction of sp³-hybridized carbons (Fsp3) is 0.733. The van der Waals surface area contributed by atoms with Gasteiger partial charge < -0.3 is 15.7 Å². The minimum atomic E-state index is -0.197. The van der Waals surface area contributed by atoms with E-state index in [1.165, 1.54) is 25.7 Å². The smallest absolute Gasteiger partial charge is 0.267 e. The zero-order valence-electron chi connectivity index (χ0n) is 12.5. The number of H-pyrrole nitrogens is 2. The van der Waals surface area contributed by atoms with Crippen LogP contribution >= 0.6 is 0 Å². The standard InChI is InChI=1S/C15H24N4O2/c1-9-11(15(21)19-18-9)8-14(20)17-13-7-6-12(13)16-10-4-2-3-5-10/h10,12-13,16H,2-8H2,1H3,(H,17,20)(H2,18,19,21)/t12-,13+/m0/s1. The predicted molar refractivity (Wildman–Crippen MR) is 80.2 cm³/mol. The van der Waals surface area contributed by atoms with Crippen LogP contribution in [0.5, 0.6) is 0 Å². The summed E-state index contributed by atoms with van der Waals surface area (Å²) in [5, 5.41) is 12.0. The van der Waals surface area contributed by atoms with Gasteiger partial charge in [0.05, 0.1) is 6.42 Å². The van der Waals surface area contributed by atoms with Crippen molar-refractivity contribution in [2.45, 2.75) is 70.0 Å². The molecule has 3 rings (SSSR count). The molecule has 116 valence electrons. The highest BCUT2D eigenvalue weighted by Crippen LogP contribution is 2.25. The van der Waals surface area contributed by atoms with Crippen molar-refractivity contribution in [2.75, 3.05) is 0 Å². The Morgan fingerprint density at radius 2 is 1.86 bits per heavy atom. The van der Waals surface area contributed by atoms with E-state index >= 15 is 0 Å². The van der Waals surface area contributed by atoms with Crippen molar-refractivity contribution < 1.29 is 4.79 Å². The molecule has 1 heterocycles. The van der Waals surface area contributed by atoms with Gasteiger partial charge in [-0.05, 0) is 32.6 Å². The van der Waals surface area contributed by atoms with Crippen LogP contribution in [0.3, 0.4) is 0 Å². The summed E-state index contributed by atoms with van der Waals surface area (Å²) in [6.07, 6.45) is 7.46. The van der Waals surface area contributed by atoms with Crippen LogP contribution in [0.25, 0.3) is 0 Å². The molecule has 0 unspecified atom stereocenters. The van der Waals surface area contributed by atoms with Crippen LogP contribution in [0.4, 0.5) is 0 Å². The van der Waals surface area contributed by atoms with E-state index in [4.69, 9.17) is 0 Å². The van der Waals surface area contributed by atoms with Gasteiger partial charge in [-0.3, -0.25) is 14.7 Å². The monoisotopic (exact) mass is 292 g/mol. The van der Waals surface area contributed by atoms with E-state index in [-0.39, 0.29) is 23.9 Å². The van der Waals surface area contributed by atoms with E-state index < -0.39 is 0 Å². The highest BCUT2D eigenvalue weighted by Gasteiger charge is 2.34. The zero-order valence-corrected chi connectivity index (χ0v) is 12.5. The Bertz CT molecular complexity index is 556. The number of amides is 1. The lowest BCUT2D eigenvalue weighted by atomic mass is 9.85. The Labute approximate surface area is 124 Å². The maximum absolute atomic E-state index is 12.1. The van der Waals surface area contributed by atoms with Gasteiger partial charge in [0, 0.05) is 29.4 Å². The average molecular weight is 292 g/mol. The Morgan fingerprint density at radius 1 is 1.14 bits per heavy atom. The quantitative estimate of drug-likeness (QED) is 0.645. The number of rotatable bonds is 5. The highest BCUT2D eigenvalue weighted by atomic mass is 16.2. The third kappa shape index (κ3) is 3.20. The summed E-state index contributed by atoms with van der Waals surface area (Å²) in [5.41, 5.74) is 1.08. The second-order valence-corrected chi connectivity index (χ2v) is 6.37. The van der Waals surface area contributed by atoms with E-state index in [0.29, 0.717) is 17.6 Å². The molecule has 0 saturated heterocycles. The van der Waals surface area contributed by atoms with Gasteiger partial charge in [0.1, 0.15) is 0 Å². The second-order valence-electron chi connectivity index (χ2n) is 6.37. The summed E-state index contributed by atoms with van der Waals surface area (Å²) < 4.78 is 0. The molecule has 2 aliphatic carbocycles. The molecule has 1 amide bonds. The highest BCUT2D eigenvalue weighted by molar-refractivity contribution is 5.79. The van der Waals surface area contributed by atoms with Crippen molar-refractivity contribution in [1.82, 2.24) is 20.8 Å². The first kappa shape index (κ1) is 14.4. The van der Waals surface area contributed by atoms with Crippen molar-refractivity contribution >= 4 is 5.91 Å². The summed E-state index contributed by atoms with van der Waals surface area (Å²) in [6.45, 7) is 1.80. The maximum atomic E-state index is 12.1. The van der Waals surface area contributed by atoms with Crippen molar-refractivity contribution in [3.63, 3.8) is 0 Å². The van der Waals surface area contributed by atoms with Gasteiger partial charge in [-0.25, -0.2) is 0 Å². The topological polar surface area (TPSA) is 89.8 Å². The van der Waals surface area contributed by atoms with E-state index in [9.17, 15) is 9.59 Å². The van der Waals surface area contributed by atoms with Gasteiger partial charge in [-0.1, -0.05) is 12.8 Å². The molecule has 6 nitrogen and oxygen atoms in total. The molecule has 0 aromatic carbocycles. The van der Waals surface area contributed by atoms with E-state index in [1.54, 1.807) is 6.92 Å². The SMILES string of the molecule is Cc1[nH][nH]c(=O)c1CC(=O)N[C@@H]1CC[C@@H]1NC1CCCC1. The molecule has 6 heteroatoms. The molecule has 21 heavy (non-hydrogen) atoms. The average Bonchev–Trinajstić information content (AvgIpc) is 3.06. The molecule has 0 bridgehead atoms. The molecule has 2 fully saturated rings. The van der Waals surface area contributed by atoms with Gasteiger partial charge in [-0.15, -0.1) is 0 Å². The molecule has 2 saturated carbocycles. The third-order valence-electron chi connectivity index (χ3n) is 4.85. The first-order valence-electron chi connectivity index (χ1n) is 7.95. The third-order valence-corrected chi connectivity index (χ3v) is 4.85. The number of carbonyl (C=O) groups excluding carboxylic acids is 1. The molecule has 0 radical (unpaired) electrons. The first-order valence-corrected chi connectivity index (χ1v) is 7.95. The number of aromatic amines is 2. The first-order chi connectivity index (χ1) is 10.1. The van der Waals surface area contributed by atoms with Crippen LogP contribution in [0.15, 0.2) is 4.79 Å². The van der Waals surface area contributed by atoms with Crippen LogP contribution < -0.4 is 16.2 Å². The van der Waals surface area contributed by atoms with Crippen LogP contribution in [0, 0.1) is 6.92 Å². The van der Waals surface area contributed by atoms with Gasteiger partial charge in [0.15, 0.2) is 0 Å². The molecule has 4 N–H and O–H groups in total. The number of hydrogen-bond donors (Lipinski definition) is 4. The fourth-order valence-corrected chi connectivity index (χ4v) is 3.37. The van der Waals surface area contributed by atoms with Crippen LogP contribution in [-0.2, 0) is 11.2 Å². The van der Waals surface area contributed by atoms with Crippen LogP contribution in [0.1, 0.15) is 49.8 Å². The second kappa shape index (κ2) is 6.05. The molecule has 2 aliphatic rings. The Kier molecular flexibility index (Phi) is 4.14. The van der Waals surface area contributed by atoms with E-state index in [1.807, 2.05) is 0 Å². The summed E-state index contributed by atoms with van der Waals surface area (Å²) in [4.78, 5) is 23.7. The summed E-state index contributed by atoms with van der Waals surface area (Å²) >= 11 is 0. The number of nitrogens with one attached hydrogen (secondary N) is 4. The molecule has 1 aromatic heterocycles. The minimum Gasteiger partial charge on any atom is -0.352 e. The Hall–Kier alpha value is -1.56.